The average Bonchev–Trinajstić information content (AvgIpc) is 2.33. The molecule has 0 bridgehead atoms. The summed E-state index contributed by atoms with van der Waals surface area (Å²) in [6.45, 7) is 6.52. The first-order valence-electron chi connectivity index (χ1n) is 7.12. The van der Waals surface area contributed by atoms with Crippen LogP contribution in [0.3, 0.4) is 0 Å². The third-order valence-electron chi connectivity index (χ3n) is 3.87. The van der Waals surface area contributed by atoms with Crippen molar-refractivity contribution in [1.82, 2.24) is 0 Å². The van der Waals surface area contributed by atoms with Crippen LogP contribution in [-0.4, -0.2) is 10.7 Å². The van der Waals surface area contributed by atoms with Crippen molar-refractivity contribution in [1.29, 1.82) is 0 Å². The first-order chi connectivity index (χ1) is 8.59. The van der Waals surface area contributed by atoms with Crippen LogP contribution >= 0.6 is 0 Å². The third kappa shape index (κ3) is 2.47. The lowest BCUT2D eigenvalue weighted by Crippen LogP contribution is -2.36. The van der Waals surface area contributed by atoms with E-state index < -0.39 is 0 Å². The summed E-state index contributed by atoms with van der Waals surface area (Å²) >= 11 is 0. The number of phenolic OH excluding ortho intramolecular Hbond substituents is 1. The summed E-state index contributed by atoms with van der Waals surface area (Å²) in [5, 5.41) is 10.0. The molecule has 18 heavy (non-hydrogen) atoms. The summed E-state index contributed by atoms with van der Waals surface area (Å²) < 4.78 is 6.26. The average molecular weight is 248 g/mol. The van der Waals surface area contributed by atoms with E-state index in [0.717, 1.165) is 49.8 Å². The second-order valence-corrected chi connectivity index (χ2v) is 5.60. The fourth-order valence-corrected chi connectivity index (χ4v) is 2.88. The molecule has 1 aromatic carbocycles. The number of benzene rings is 1. The highest BCUT2D eigenvalue weighted by Crippen LogP contribution is 2.41. The molecule has 0 amide bonds. The van der Waals surface area contributed by atoms with Gasteiger partial charge < -0.3 is 9.84 Å². The van der Waals surface area contributed by atoms with Crippen molar-refractivity contribution in [2.24, 2.45) is 0 Å². The van der Waals surface area contributed by atoms with E-state index in [-0.39, 0.29) is 5.60 Å². The van der Waals surface area contributed by atoms with Crippen molar-refractivity contribution in [3.63, 3.8) is 0 Å². The summed E-state index contributed by atoms with van der Waals surface area (Å²) in [6.07, 6.45) is 6.25. The molecule has 0 saturated heterocycles. The van der Waals surface area contributed by atoms with Crippen molar-refractivity contribution in [3.05, 3.63) is 23.3 Å². The molecule has 100 valence electrons. The van der Waals surface area contributed by atoms with Crippen LogP contribution in [0.2, 0.25) is 0 Å². The molecule has 1 aliphatic rings. The summed E-state index contributed by atoms with van der Waals surface area (Å²) in [6, 6.07) is 3.82. The Morgan fingerprint density at radius 1 is 1.28 bits per heavy atom. The summed E-state index contributed by atoms with van der Waals surface area (Å²) in [5.74, 6) is 1.34. The molecule has 0 fully saturated rings. The van der Waals surface area contributed by atoms with Crippen LogP contribution in [0.5, 0.6) is 11.5 Å². The largest absolute Gasteiger partial charge is 0.508 e. The Bertz CT molecular complexity index is 425. The van der Waals surface area contributed by atoms with Gasteiger partial charge in [0.15, 0.2) is 0 Å². The highest BCUT2D eigenvalue weighted by Gasteiger charge is 2.32. The van der Waals surface area contributed by atoms with Gasteiger partial charge in [-0.25, -0.2) is 0 Å². The predicted molar refractivity (Wildman–Crippen MR) is 74.4 cm³/mol. The molecule has 2 rings (SSSR count). The number of fused-ring (bicyclic) bond motifs is 1. The quantitative estimate of drug-likeness (QED) is 0.864. The number of aromatic hydroxyl groups is 1. The van der Waals surface area contributed by atoms with Gasteiger partial charge in [-0.3, -0.25) is 0 Å². The fraction of sp³-hybridized carbons (Fsp3) is 0.625. The van der Waals surface area contributed by atoms with E-state index in [9.17, 15) is 5.11 Å². The molecule has 2 nitrogen and oxygen atoms in total. The molecule has 1 N–H and O–H groups in total. The van der Waals surface area contributed by atoms with Crippen molar-refractivity contribution in [2.45, 2.75) is 64.9 Å². The molecule has 0 spiro atoms. The maximum atomic E-state index is 10.0. The van der Waals surface area contributed by atoms with Gasteiger partial charge in [0.25, 0.3) is 0 Å². The number of rotatable bonds is 4. The smallest absolute Gasteiger partial charge is 0.130 e. The fourth-order valence-electron chi connectivity index (χ4n) is 2.88. The maximum absolute atomic E-state index is 10.0. The van der Waals surface area contributed by atoms with E-state index in [1.165, 1.54) is 5.56 Å². The van der Waals surface area contributed by atoms with Crippen LogP contribution in [0.1, 0.15) is 57.6 Å². The maximum Gasteiger partial charge on any atom is 0.130 e. The first kappa shape index (κ1) is 13.3. The Labute approximate surface area is 110 Å². The SMILES string of the molecule is CCCc1c(O)ccc2c1OC(C)(CCC)CC2. The Balaban J connectivity index is 2.36. The lowest BCUT2D eigenvalue weighted by molar-refractivity contribution is 0.0539. The van der Waals surface area contributed by atoms with Crippen molar-refractivity contribution in [3.8, 4) is 11.5 Å². The molecule has 1 atom stereocenters. The minimum atomic E-state index is -0.0575. The molecule has 1 heterocycles. The number of hydrogen-bond acceptors (Lipinski definition) is 2. The summed E-state index contributed by atoms with van der Waals surface area (Å²) in [5.41, 5.74) is 2.19. The van der Waals surface area contributed by atoms with Crippen LogP contribution in [0.25, 0.3) is 0 Å². The molecule has 2 heteroatoms. The lowest BCUT2D eigenvalue weighted by Gasteiger charge is -2.37. The van der Waals surface area contributed by atoms with E-state index in [0.29, 0.717) is 5.75 Å². The minimum absolute atomic E-state index is 0.0575. The zero-order valence-corrected chi connectivity index (χ0v) is 11.8. The van der Waals surface area contributed by atoms with Gasteiger partial charge in [-0.05, 0) is 44.2 Å². The molecule has 0 aliphatic carbocycles. The van der Waals surface area contributed by atoms with Gasteiger partial charge in [-0.1, -0.05) is 32.8 Å². The Kier molecular flexibility index (Phi) is 3.84. The number of hydrogen-bond donors (Lipinski definition) is 1. The molecular formula is C16H24O2. The second-order valence-electron chi connectivity index (χ2n) is 5.60. The van der Waals surface area contributed by atoms with Gasteiger partial charge >= 0.3 is 0 Å². The van der Waals surface area contributed by atoms with Crippen LogP contribution < -0.4 is 4.74 Å². The van der Waals surface area contributed by atoms with Gasteiger partial charge in [0.1, 0.15) is 17.1 Å². The molecule has 1 aromatic rings. The van der Waals surface area contributed by atoms with Crippen LogP contribution in [-0.2, 0) is 12.8 Å². The molecule has 0 radical (unpaired) electrons. The molecule has 1 aliphatic heterocycles. The summed E-state index contributed by atoms with van der Waals surface area (Å²) in [7, 11) is 0. The van der Waals surface area contributed by atoms with Gasteiger partial charge in [-0.2, -0.15) is 0 Å². The van der Waals surface area contributed by atoms with Crippen LogP contribution in [0.4, 0.5) is 0 Å². The van der Waals surface area contributed by atoms with Gasteiger partial charge in [0.2, 0.25) is 0 Å². The van der Waals surface area contributed by atoms with Crippen LogP contribution in [0, 0.1) is 0 Å². The Morgan fingerprint density at radius 2 is 2.06 bits per heavy atom. The van der Waals surface area contributed by atoms with Gasteiger partial charge in [-0.15, -0.1) is 0 Å². The van der Waals surface area contributed by atoms with E-state index in [1.54, 1.807) is 0 Å². The zero-order valence-electron chi connectivity index (χ0n) is 11.8. The molecular weight excluding hydrogens is 224 g/mol. The third-order valence-corrected chi connectivity index (χ3v) is 3.87. The van der Waals surface area contributed by atoms with Crippen molar-refractivity contribution < 1.29 is 9.84 Å². The number of aryl methyl sites for hydroxylation is 1. The van der Waals surface area contributed by atoms with Crippen LogP contribution in [0.15, 0.2) is 12.1 Å². The minimum Gasteiger partial charge on any atom is -0.508 e. The van der Waals surface area contributed by atoms with E-state index in [2.05, 4.69) is 20.8 Å². The normalized spacial score (nSPS) is 22.4. The molecule has 1 unspecified atom stereocenters. The topological polar surface area (TPSA) is 29.5 Å². The lowest BCUT2D eigenvalue weighted by atomic mass is 9.87. The van der Waals surface area contributed by atoms with Gasteiger partial charge in [0, 0.05) is 5.56 Å². The standard InChI is InChI=1S/C16H24O2/c1-4-6-13-14(17)8-7-12-9-11-16(3,10-5-2)18-15(12)13/h7-8,17H,4-6,9-11H2,1-3H3. The van der Waals surface area contributed by atoms with E-state index in [1.807, 2.05) is 12.1 Å². The highest BCUT2D eigenvalue weighted by molar-refractivity contribution is 5.51. The number of ether oxygens (including phenoxy) is 1. The number of phenols is 1. The Morgan fingerprint density at radius 3 is 2.72 bits per heavy atom. The second kappa shape index (κ2) is 5.21. The molecule has 0 saturated carbocycles. The zero-order chi connectivity index (χ0) is 13.2. The highest BCUT2D eigenvalue weighted by atomic mass is 16.5. The summed E-state index contributed by atoms with van der Waals surface area (Å²) in [4.78, 5) is 0. The monoisotopic (exact) mass is 248 g/mol. The first-order valence-corrected chi connectivity index (χ1v) is 7.12. The van der Waals surface area contributed by atoms with Crippen molar-refractivity contribution >= 4 is 0 Å². The predicted octanol–water partition coefficient (Wildman–Crippen LogP) is 4.23. The van der Waals surface area contributed by atoms with Crippen molar-refractivity contribution in [2.75, 3.05) is 0 Å². The van der Waals surface area contributed by atoms with E-state index >= 15 is 0 Å². The Hall–Kier alpha value is -1.18. The molecule has 0 aromatic heterocycles. The van der Waals surface area contributed by atoms with E-state index in [4.69, 9.17) is 4.74 Å². The van der Waals surface area contributed by atoms with Gasteiger partial charge in [0.05, 0.1) is 0 Å².